The van der Waals surface area contributed by atoms with Gasteiger partial charge in [0.25, 0.3) is 0 Å². The minimum absolute atomic E-state index is 0.849. The van der Waals surface area contributed by atoms with Gasteiger partial charge in [0.15, 0.2) is 0 Å². The summed E-state index contributed by atoms with van der Waals surface area (Å²) in [7, 11) is 0. The molecule has 0 fully saturated rings. The smallest absolute Gasteiger partial charge is 0.0466 e. The van der Waals surface area contributed by atoms with Crippen molar-refractivity contribution >= 4 is 11.8 Å². The summed E-state index contributed by atoms with van der Waals surface area (Å²) < 4.78 is 5.28. The molecule has 0 aromatic carbocycles. The Bertz CT molecular complexity index is 109. The van der Waals surface area contributed by atoms with E-state index >= 15 is 0 Å². The molecule has 98 valence electrons. The summed E-state index contributed by atoms with van der Waals surface area (Å²) in [6.45, 7) is 8.38. The highest BCUT2D eigenvalue weighted by Gasteiger charge is 1.91. The first kappa shape index (κ1) is 16.3. The van der Waals surface area contributed by atoms with Gasteiger partial charge in [-0.15, -0.1) is 0 Å². The van der Waals surface area contributed by atoms with Crippen LogP contribution in [0.3, 0.4) is 0 Å². The maximum Gasteiger partial charge on any atom is 0.0466 e. The van der Waals surface area contributed by atoms with E-state index in [1.54, 1.807) is 0 Å². The minimum Gasteiger partial charge on any atom is -0.382 e. The standard InChI is InChI=1S/C13H29NOS/c1-3-5-8-12-16-13-10-14-9-6-7-11-15-4-2/h14H,3-13H2,1-2H3. The SMILES string of the molecule is CCCCCSCCNCCCCOCC. The van der Waals surface area contributed by atoms with Crippen LogP contribution in [0.2, 0.25) is 0 Å². The van der Waals surface area contributed by atoms with Crippen molar-refractivity contribution in [1.82, 2.24) is 5.32 Å². The Kier molecular flexibility index (Phi) is 15.5. The van der Waals surface area contributed by atoms with Crippen LogP contribution in [-0.2, 0) is 4.74 Å². The largest absolute Gasteiger partial charge is 0.382 e. The molecule has 0 amide bonds. The van der Waals surface area contributed by atoms with E-state index in [-0.39, 0.29) is 0 Å². The van der Waals surface area contributed by atoms with Gasteiger partial charge in [-0.25, -0.2) is 0 Å². The molecule has 0 radical (unpaired) electrons. The summed E-state index contributed by atoms with van der Waals surface area (Å²) in [5.74, 6) is 2.59. The van der Waals surface area contributed by atoms with Crippen molar-refractivity contribution < 1.29 is 4.74 Å². The summed E-state index contributed by atoms with van der Waals surface area (Å²) in [5.41, 5.74) is 0. The molecule has 0 unspecified atom stereocenters. The Labute approximate surface area is 106 Å². The maximum atomic E-state index is 5.28. The molecule has 0 aliphatic carbocycles. The first-order valence-electron chi connectivity index (χ1n) is 6.78. The third kappa shape index (κ3) is 14.3. The van der Waals surface area contributed by atoms with Crippen LogP contribution < -0.4 is 5.32 Å². The minimum atomic E-state index is 0.849. The molecule has 0 saturated carbocycles. The Morgan fingerprint density at radius 1 is 0.938 bits per heavy atom. The van der Waals surface area contributed by atoms with Gasteiger partial charge in [-0.1, -0.05) is 19.8 Å². The number of ether oxygens (including phenoxy) is 1. The summed E-state index contributed by atoms with van der Waals surface area (Å²) in [6, 6.07) is 0. The molecular weight excluding hydrogens is 218 g/mol. The average Bonchev–Trinajstić information content (AvgIpc) is 2.31. The molecule has 16 heavy (non-hydrogen) atoms. The van der Waals surface area contributed by atoms with E-state index < -0.39 is 0 Å². The molecule has 0 spiro atoms. The quantitative estimate of drug-likeness (QED) is 0.505. The van der Waals surface area contributed by atoms with Gasteiger partial charge in [0.2, 0.25) is 0 Å². The molecular formula is C13H29NOS. The second kappa shape index (κ2) is 15.3. The van der Waals surface area contributed by atoms with Crippen molar-refractivity contribution in [2.24, 2.45) is 0 Å². The van der Waals surface area contributed by atoms with Gasteiger partial charge < -0.3 is 10.1 Å². The molecule has 0 heterocycles. The zero-order chi connectivity index (χ0) is 11.9. The molecule has 0 aromatic heterocycles. The number of thioether (sulfide) groups is 1. The summed E-state index contributed by atoms with van der Waals surface area (Å²) in [5, 5.41) is 3.48. The second-order valence-corrected chi connectivity index (χ2v) is 5.20. The molecule has 3 heteroatoms. The van der Waals surface area contributed by atoms with E-state index in [1.807, 2.05) is 6.92 Å². The monoisotopic (exact) mass is 247 g/mol. The molecule has 0 aliphatic rings. The lowest BCUT2D eigenvalue weighted by Crippen LogP contribution is -2.18. The van der Waals surface area contributed by atoms with E-state index in [4.69, 9.17) is 4.74 Å². The van der Waals surface area contributed by atoms with Crippen molar-refractivity contribution in [3.8, 4) is 0 Å². The van der Waals surface area contributed by atoms with Crippen LogP contribution in [0.5, 0.6) is 0 Å². The van der Waals surface area contributed by atoms with Crippen molar-refractivity contribution in [1.29, 1.82) is 0 Å². The van der Waals surface area contributed by atoms with Crippen LogP contribution in [0.1, 0.15) is 46.0 Å². The molecule has 0 bridgehead atoms. The fourth-order valence-corrected chi connectivity index (χ4v) is 2.33. The topological polar surface area (TPSA) is 21.3 Å². The highest BCUT2D eigenvalue weighted by molar-refractivity contribution is 7.99. The van der Waals surface area contributed by atoms with Gasteiger partial charge in [-0.2, -0.15) is 11.8 Å². The van der Waals surface area contributed by atoms with Crippen LogP contribution in [0, 0.1) is 0 Å². The summed E-state index contributed by atoms with van der Waals surface area (Å²) >= 11 is 2.08. The highest BCUT2D eigenvalue weighted by Crippen LogP contribution is 2.04. The molecule has 0 atom stereocenters. The van der Waals surface area contributed by atoms with Crippen LogP contribution >= 0.6 is 11.8 Å². The van der Waals surface area contributed by atoms with Crippen molar-refractivity contribution in [3.63, 3.8) is 0 Å². The lowest BCUT2D eigenvalue weighted by molar-refractivity contribution is 0.143. The Morgan fingerprint density at radius 3 is 2.56 bits per heavy atom. The second-order valence-electron chi connectivity index (χ2n) is 3.97. The van der Waals surface area contributed by atoms with Gasteiger partial charge in [0.05, 0.1) is 0 Å². The fourth-order valence-electron chi connectivity index (χ4n) is 1.42. The number of nitrogens with one attached hydrogen (secondary N) is 1. The number of hydrogen-bond donors (Lipinski definition) is 1. The van der Waals surface area contributed by atoms with Crippen LogP contribution in [0.4, 0.5) is 0 Å². The molecule has 1 N–H and O–H groups in total. The van der Waals surface area contributed by atoms with Gasteiger partial charge in [-0.3, -0.25) is 0 Å². The van der Waals surface area contributed by atoms with Gasteiger partial charge in [0.1, 0.15) is 0 Å². The molecule has 0 rings (SSSR count). The first-order valence-corrected chi connectivity index (χ1v) is 7.93. The van der Waals surface area contributed by atoms with E-state index in [1.165, 1.54) is 43.6 Å². The van der Waals surface area contributed by atoms with Crippen molar-refractivity contribution in [2.75, 3.05) is 37.8 Å². The fraction of sp³-hybridized carbons (Fsp3) is 1.00. The molecule has 0 aromatic rings. The van der Waals surface area contributed by atoms with Crippen molar-refractivity contribution in [2.45, 2.75) is 46.0 Å². The van der Waals surface area contributed by atoms with E-state index in [2.05, 4.69) is 24.0 Å². The average molecular weight is 247 g/mol. The molecule has 0 saturated heterocycles. The predicted octanol–water partition coefficient (Wildman–Crippen LogP) is 3.32. The Hall–Kier alpha value is 0.270. The maximum absolute atomic E-state index is 5.28. The molecule has 0 aliphatic heterocycles. The number of rotatable bonds is 13. The van der Waals surface area contributed by atoms with Gasteiger partial charge in [0, 0.05) is 25.5 Å². The first-order chi connectivity index (χ1) is 7.91. The normalized spacial score (nSPS) is 10.9. The lowest BCUT2D eigenvalue weighted by atomic mass is 10.3. The van der Waals surface area contributed by atoms with E-state index in [0.29, 0.717) is 0 Å². The Balaban J connectivity index is 2.83. The zero-order valence-electron chi connectivity index (χ0n) is 11.1. The zero-order valence-corrected chi connectivity index (χ0v) is 11.9. The number of hydrogen-bond acceptors (Lipinski definition) is 3. The van der Waals surface area contributed by atoms with Crippen LogP contribution in [0.15, 0.2) is 0 Å². The summed E-state index contributed by atoms with van der Waals surface area (Å²) in [4.78, 5) is 0. The van der Waals surface area contributed by atoms with Crippen molar-refractivity contribution in [3.05, 3.63) is 0 Å². The van der Waals surface area contributed by atoms with Crippen LogP contribution in [0.25, 0.3) is 0 Å². The van der Waals surface area contributed by atoms with Gasteiger partial charge >= 0.3 is 0 Å². The third-order valence-electron chi connectivity index (χ3n) is 2.41. The van der Waals surface area contributed by atoms with E-state index in [0.717, 1.165) is 26.3 Å². The lowest BCUT2D eigenvalue weighted by Gasteiger charge is -2.05. The predicted molar refractivity (Wildman–Crippen MR) is 75.4 cm³/mol. The third-order valence-corrected chi connectivity index (χ3v) is 3.48. The highest BCUT2D eigenvalue weighted by atomic mass is 32.2. The summed E-state index contributed by atoms with van der Waals surface area (Å²) in [6.07, 6.45) is 6.52. The molecule has 2 nitrogen and oxygen atoms in total. The Morgan fingerprint density at radius 2 is 1.81 bits per heavy atom. The van der Waals surface area contributed by atoms with Crippen LogP contribution in [-0.4, -0.2) is 37.8 Å². The van der Waals surface area contributed by atoms with E-state index in [9.17, 15) is 0 Å². The number of unbranched alkanes of at least 4 members (excludes halogenated alkanes) is 3. The van der Waals surface area contributed by atoms with Gasteiger partial charge in [-0.05, 0) is 38.5 Å².